The van der Waals surface area contributed by atoms with Crippen molar-refractivity contribution in [2.45, 2.75) is 32.8 Å². The molecule has 0 bridgehead atoms. The molecule has 6 nitrogen and oxygen atoms in total. The van der Waals surface area contributed by atoms with Crippen LogP contribution in [0.25, 0.3) is 22.2 Å². The number of carbonyl (C=O) groups excluding carboxylic acids is 3. The van der Waals surface area contributed by atoms with Crippen molar-refractivity contribution in [3.05, 3.63) is 88.7 Å². The Kier molecular flexibility index (Phi) is 7.18. The Hall–Kier alpha value is -3.77. The largest absolute Gasteiger partial charge is 0.460 e. The van der Waals surface area contributed by atoms with E-state index in [2.05, 4.69) is 9.97 Å². The van der Waals surface area contributed by atoms with Gasteiger partial charge in [0.25, 0.3) is 0 Å². The maximum absolute atomic E-state index is 12.4. The van der Waals surface area contributed by atoms with E-state index >= 15 is 0 Å². The maximum atomic E-state index is 12.4. The van der Waals surface area contributed by atoms with Crippen molar-refractivity contribution in [2.24, 2.45) is 0 Å². The van der Waals surface area contributed by atoms with Crippen LogP contribution in [0.4, 0.5) is 0 Å². The summed E-state index contributed by atoms with van der Waals surface area (Å²) in [6, 6.07) is 16.7. The number of aromatic amines is 1. The van der Waals surface area contributed by atoms with Crippen LogP contribution in [0, 0.1) is 0 Å². The molecule has 0 aliphatic carbocycles. The van der Waals surface area contributed by atoms with Crippen molar-refractivity contribution >= 4 is 40.2 Å². The smallest absolute Gasteiger partial charge is 0.310 e. The third-order valence-corrected chi connectivity index (χ3v) is 5.89. The van der Waals surface area contributed by atoms with Crippen molar-refractivity contribution in [1.29, 1.82) is 0 Å². The summed E-state index contributed by atoms with van der Waals surface area (Å²) in [7, 11) is 0. The quantitative estimate of drug-likeness (QED) is 0.264. The van der Waals surface area contributed by atoms with Gasteiger partial charge < -0.3 is 9.72 Å². The lowest BCUT2D eigenvalue weighted by atomic mass is 9.99. The fourth-order valence-electron chi connectivity index (χ4n) is 3.70. The highest BCUT2D eigenvalue weighted by Gasteiger charge is 2.15. The summed E-state index contributed by atoms with van der Waals surface area (Å²) in [4.78, 5) is 43.7. The van der Waals surface area contributed by atoms with Crippen molar-refractivity contribution in [1.82, 2.24) is 9.97 Å². The van der Waals surface area contributed by atoms with E-state index in [-0.39, 0.29) is 37.6 Å². The minimum absolute atomic E-state index is 0.0731. The summed E-state index contributed by atoms with van der Waals surface area (Å²) in [6.45, 7) is 1.79. The number of hydrogen-bond donors (Lipinski definition) is 1. The molecule has 1 N–H and O–H groups in total. The van der Waals surface area contributed by atoms with E-state index in [9.17, 15) is 14.4 Å². The highest BCUT2D eigenvalue weighted by molar-refractivity contribution is 6.37. The second-order valence-electron chi connectivity index (χ2n) is 7.95. The normalized spacial score (nSPS) is 10.9. The monoisotopic (exact) mass is 474 g/mol. The lowest BCUT2D eigenvalue weighted by molar-refractivity contribution is -0.144. The predicted octanol–water partition coefficient (Wildman–Crippen LogP) is 5.26. The molecule has 0 unspecified atom stereocenters. The molecule has 0 spiro atoms. The van der Waals surface area contributed by atoms with Gasteiger partial charge in [-0.15, -0.1) is 0 Å². The molecule has 0 atom stereocenters. The minimum Gasteiger partial charge on any atom is -0.460 e. The Morgan fingerprint density at radius 2 is 1.79 bits per heavy atom. The van der Waals surface area contributed by atoms with E-state index in [0.717, 1.165) is 33.2 Å². The average Bonchev–Trinajstić information content (AvgIpc) is 3.26. The zero-order chi connectivity index (χ0) is 24.1. The van der Waals surface area contributed by atoms with E-state index in [1.54, 1.807) is 19.2 Å². The lowest BCUT2D eigenvalue weighted by Crippen LogP contribution is -2.14. The molecule has 0 aliphatic heterocycles. The molecular formula is C27H23ClN2O4. The van der Waals surface area contributed by atoms with Gasteiger partial charge in [0.05, 0.1) is 6.42 Å². The van der Waals surface area contributed by atoms with Crippen molar-refractivity contribution in [3.8, 4) is 11.1 Å². The van der Waals surface area contributed by atoms with Gasteiger partial charge in [0.1, 0.15) is 12.3 Å². The number of carbonyl (C=O) groups is 3. The first-order valence-electron chi connectivity index (χ1n) is 10.9. The summed E-state index contributed by atoms with van der Waals surface area (Å²) in [5.41, 5.74) is 4.71. The Morgan fingerprint density at radius 1 is 0.971 bits per heavy atom. The SMILES string of the molecule is CCC(=O)C(=O)Cc1cccc(-c2c[nH]c3ncc(CC(=O)OCc4ccccc4Cl)cc23)c1. The number of esters is 1. The van der Waals surface area contributed by atoms with E-state index in [1.165, 1.54) is 0 Å². The molecule has 2 aromatic heterocycles. The molecule has 2 heterocycles. The number of aromatic nitrogens is 2. The molecular weight excluding hydrogens is 452 g/mol. The Balaban J connectivity index is 1.51. The summed E-state index contributed by atoms with van der Waals surface area (Å²) >= 11 is 6.12. The van der Waals surface area contributed by atoms with Gasteiger partial charge in [-0.1, -0.05) is 61.0 Å². The molecule has 0 radical (unpaired) electrons. The molecule has 2 aromatic carbocycles. The van der Waals surface area contributed by atoms with Crippen LogP contribution in [0.5, 0.6) is 0 Å². The van der Waals surface area contributed by atoms with Crippen LogP contribution in [0.1, 0.15) is 30.0 Å². The number of nitrogens with zero attached hydrogens (tertiary/aromatic N) is 1. The van der Waals surface area contributed by atoms with Crippen LogP contribution in [0.3, 0.4) is 0 Å². The molecule has 0 saturated carbocycles. The molecule has 4 aromatic rings. The number of H-pyrrole nitrogens is 1. The van der Waals surface area contributed by atoms with Crippen LogP contribution in [-0.2, 0) is 38.6 Å². The number of ether oxygens (including phenoxy) is 1. The van der Waals surface area contributed by atoms with Gasteiger partial charge in [-0.3, -0.25) is 14.4 Å². The number of Topliss-reactive ketones (excluding diaryl/α,β-unsaturated/α-hetero) is 2. The number of pyridine rings is 1. The van der Waals surface area contributed by atoms with E-state index < -0.39 is 5.78 Å². The zero-order valence-corrected chi connectivity index (χ0v) is 19.4. The Morgan fingerprint density at radius 3 is 2.59 bits per heavy atom. The summed E-state index contributed by atoms with van der Waals surface area (Å²) in [5.74, 6) is -1.13. The second-order valence-corrected chi connectivity index (χ2v) is 8.36. The number of ketones is 2. The number of fused-ring (bicyclic) bond motifs is 1. The average molecular weight is 475 g/mol. The standard InChI is InChI=1S/C27H23ClN2O4/c1-2-24(31)25(32)12-17-6-5-8-19(10-17)22-15-30-27-21(22)11-18(14-29-27)13-26(33)34-16-20-7-3-4-9-23(20)28/h3-11,14-15H,2,12-13,16H2,1H3,(H,29,30). The van der Waals surface area contributed by atoms with Gasteiger partial charge in [-0.25, -0.2) is 4.98 Å². The molecule has 0 saturated heterocycles. The number of rotatable bonds is 9. The van der Waals surface area contributed by atoms with Crippen LogP contribution in [-0.4, -0.2) is 27.5 Å². The molecule has 4 rings (SSSR count). The van der Waals surface area contributed by atoms with Gasteiger partial charge >= 0.3 is 5.97 Å². The second kappa shape index (κ2) is 10.4. The van der Waals surface area contributed by atoms with Crippen molar-refractivity contribution in [3.63, 3.8) is 0 Å². The van der Waals surface area contributed by atoms with E-state index in [1.807, 2.05) is 54.7 Å². The van der Waals surface area contributed by atoms with Crippen LogP contribution in [0.15, 0.2) is 67.0 Å². The highest BCUT2D eigenvalue weighted by atomic mass is 35.5. The number of benzene rings is 2. The number of nitrogens with one attached hydrogen (secondary N) is 1. The first-order valence-corrected chi connectivity index (χ1v) is 11.3. The van der Waals surface area contributed by atoms with Gasteiger partial charge in [-0.05, 0) is 28.8 Å². The fourth-order valence-corrected chi connectivity index (χ4v) is 3.89. The molecule has 7 heteroatoms. The molecule has 0 aliphatic rings. The highest BCUT2D eigenvalue weighted by Crippen LogP contribution is 2.29. The Labute approximate surface area is 201 Å². The number of halogens is 1. The van der Waals surface area contributed by atoms with Gasteiger partial charge in [0.15, 0.2) is 5.78 Å². The summed E-state index contributed by atoms with van der Waals surface area (Å²) < 4.78 is 5.38. The van der Waals surface area contributed by atoms with Gasteiger partial charge in [-0.2, -0.15) is 0 Å². The fraction of sp³-hybridized carbons (Fsp3) is 0.185. The third-order valence-electron chi connectivity index (χ3n) is 5.52. The first-order chi connectivity index (χ1) is 16.4. The molecule has 0 fully saturated rings. The lowest BCUT2D eigenvalue weighted by Gasteiger charge is -2.07. The number of hydrogen-bond acceptors (Lipinski definition) is 5. The zero-order valence-electron chi connectivity index (χ0n) is 18.6. The van der Waals surface area contributed by atoms with E-state index in [0.29, 0.717) is 10.7 Å². The minimum atomic E-state index is -0.391. The predicted molar refractivity (Wildman–Crippen MR) is 130 cm³/mol. The third kappa shape index (κ3) is 5.41. The van der Waals surface area contributed by atoms with Gasteiger partial charge in [0, 0.05) is 46.8 Å². The molecule has 34 heavy (non-hydrogen) atoms. The van der Waals surface area contributed by atoms with Crippen LogP contribution >= 0.6 is 11.6 Å². The first kappa shape index (κ1) is 23.4. The van der Waals surface area contributed by atoms with Crippen molar-refractivity contribution in [2.75, 3.05) is 0 Å². The summed E-state index contributed by atoms with van der Waals surface area (Å²) in [5, 5.41) is 1.41. The molecule has 0 amide bonds. The molecule has 172 valence electrons. The van der Waals surface area contributed by atoms with Crippen LogP contribution in [0.2, 0.25) is 5.02 Å². The van der Waals surface area contributed by atoms with Crippen LogP contribution < -0.4 is 0 Å². The van der Waals surface area contributed by atoms with Gasteiger partial charge in [0.2, 0.25) is 5.78 Å². The topological polar surface area (TPSA) is 89.1 Å². The van der Waals surface area contributed by atoms with Crippen molar-refractivity contribution < 1.29 is 19.1 Å². The van der Waals surface area contributed by atoms with E-state index in [4.69, 9.17) is 16.3 Å². The summed E-state index contributed by atoms with van der Waals surface area (Å²) in [6.07, 6.45) is 3.84. The Bertz CT molecular complexity index is 1380. The maximum Gasteiger partial charge on any atom is 0.310 e.